The predicted molar refractivity (Wildman–Crippen MR) is 155 cm³/mol. The summed E-state index contributed by atoms with van der Waals surface area (Å²) in [5.41, 5.74) is 4.15. The Balaban J connectivity index is 1.39. The van der Waals surface area contributed by atoms with Crippen LogP contribution in [0.5, 0.6) is 0 Å². The van der Waals surface area contributed by atoms with E-state index in [1.807, 2.05) is 85.8 Å². The van der Waals surface area contributed by atoms with Crippen molar-refractivity contribution in [2.24, 2.45) is 0 Å². The molecule has 0 saturated carbocycles. The second-order valence-electron chi connectivity index (χ2n) is 8.73. The van der Waals surface area contributed by atoms with Crippen LogP contribution in [0.3, 0.4) is 0 Å². The number of amides is 1. The van der Waals surface area contributed by atoms with Gasteiger partial charge in [-0.05, 0) is 30.7 Å². The fraction of sp³-hybridized carbons (Fsp3) is 0.133. The Kier molecular flexibility index (Phi) is 8.24. The van der Waals surface area contributed by atoms with E-state index in [4.69, 9.17) is 16.4 Å². The second-order valence-corrected chi connectivity index (χ2v) is 10.1. The predicted octanol–water partition coefficient (Wildman–Crippen LogP) is 7.05. The lowest BCUT2D eigenvalue weighted by Gasteiger charge is -2.11. The van der Waals surface area contributed by atoms with Gasteiger partial charge in [-0.25, -0.2) is 4.79 Å². The van der Waals surface area contributed by atoms with Crippen LogP contribution in [0.4, 0.5) is 5.69 Å². The highest BCUT2D eigenvalue weighted by Crippen LogP contribution is 2.35. The number of anilines is 1. The minimum atomic E-state index is -0.411. The van der Waals surface area contributed by atoms with Gasteiger partial charge in [-0.2, -0.15) is 0 Å². The zero-order valence-corrected chi connectivity index (χ0v) is 22.7. The third kappa shape index (κ3) is 6.13. The summed E-state index contributed by atoms with van der Waals surface area (Å²) < 4.78 is 0. The molecule has 39 heavy (non-hydrogen) atoms. The van der Waals surface area contributed by atoms with E-state index in [2.05, 4.69) is 15.4 Å². The van der Waals surface area contributed by atoms with Gasteiger partial charge in [0.05, 0.1) is 23.0 Å². The van der Waals surface area contributed by atoms with Gasteiger partial charge in [0, 0.05) is 33.6 Å². The Morgan fingerprint density at radius 2 is 1.74 bits per heavy atom. The zero-order chi connectivity index (χ0) is 27.2. The Hall–Kier alpha value is -4.14. The number of hydrogen-bond donors (Lipinski definition) is 1. The van der Waals surface area contributed by atoms with Gasteiger partial charge in [0.1, 0.15) is 5.69 Å². The Bertz CT molecular complexity index is 1640. The first kappa shape index (κ1) is 26.5. The van der Waals surface area contributed by atoms with Crippen LogP contribution in [0.15, 0.2) is 96.0 Å². The number of hydrogen-bond acceptors (Lipinski definition) is 6. The van der Waals surface area contributed by atoms with Crippen LogP contribution in [0, 0.1) is 0 Å². The molecule has 2 heterocycles. The van der Waals surface area contributed by atoms with E-state index in [0.717, 1.165) is 26.2 Å². The molecule has 2 aromatic heterocycles. The van der Waals surface area contributed by atoms with E-state index < -0.39 is 5.97 Å². The molecule has 196 valence electrons. The largest absolute Gasteiger partial charge is 0.335 e. The number of rotatable bonds is 9. The Morgan fingerprint density at radius 3 is 2.56 bits per heavy atom. The average molecular weight is 557 g/mol. The molecule has 0 atom stereocenters. The number of para-hydroxylation sites is 1. The molecule has 0 saturated heterocycles. The molecule has 1 amide bonds. The molecule has 0 spiro atoms. The van der Waals surface area contributed by atoms with Crippen molar-refractivity contribution in [2.75, 3.05) is 5.32 Å². The van der Waals surface area contributed by atoms with Crippen molar-refractivity contribution in [3.05, 3.63) is 107 Å². The van der Waals surface area contributed by atoms with Crippen LogP contribution < -0.4 is 10.2 Å². The summed E-state index contributed by atoms with van der Waals surface area (Å²) in [5.74, 6) is -0.254. The fourth-order valence-electron chi connectivity index (χ4n) is 4.04. The number of thioether (sulfide) groups is 1. The molecule has 1 N–H and O–H groups in total. The average Bonchev–Trinajstić information content (AvgIpc) is 3.27. The molecule has 5 rings (SSSR count). The van der Waals surface area contributed by atoms with Gasteiger partial charge in [0.2, 0.25) is 0 Å². The molecule has 0 unspecified atom stereocenters. The maximum absolute atomic E-state index is 13.3. The molecule has 0 radical (unpaired) electrons. The molecule has 0 aliphatic carbocycles. The van der Waals surface area contributed by atoms with E-state index >= 15 is 0 Å². The smallest absolute Gasteiger partial charge is 0.321 e. The van der Waals surface area contributed by atoms with E-state index in [1.54, 1.807) is 12.3 Å². The van der Waals surface area contributed by atoms with Gasteiger partial charge in [-0.1, -0.05) is 84.0 Å². The van der Waals surface area contributed by atoms with Gasteiger partial charge >= 0.3 is 5.97 Å². The van der Waals surface area contributed by atoms with Crippen LogP contribution >= 0.6 is 23.4 Å². The van der Waals surface area contributed by atoms with Gasteiger partial charge in [-0.3, -0.25) is 9.78 Å². The van der Waals surface area contributed by atoms with Crippen LogP contribution in [0.1, 0.15) is 35.7 Å². The van der Waals surface area contributed by atoms with Crippen LogP contribution in [-0.2, 0) is 10.5 Å². The molecule has 0 fully saturated rings. The number of aromatic nitrogens is 3. The molecule has 7 nitrogen and oxygen atoms in total. The zero-order valence-electron chi connectivity index (χ0n) is 21.1. The van der Waals surface area contributed by atoms with Gasteiger partial charge in [0.15, 0.2) is 5.15 Å². The number of nitrogens with one attached hydrogen (secondary N) is 1. The van der Waals surface area contributed by atoms with Crippen LogP contribution in [0.25, 0.3) is 22.2 Å². The summed E-state index contributed by atoms with van der Waals surface area (Å²) in [6.07, 6.45) is 2.56. The van der Waals surface area contributed by atoms with E-state index in [1.165, 1.54) is 11.8 Å². The SMILES string of the molecule is CCCC(=O)On1nc(-c2ccccc2)c(CSc2ccccc2C(=O)Nc2cnc3ccccc3c2)c1Cl. The number of carbonyl (C=O) groups is 2. The summed E-state index contributed by atoms with van der Waals surface area (Å²) in [6, 6.07) is 26.6. The number of carbonyl (C=O) groups excluding carboxylic acids is 2. The fourth-order valence-corrected chi connectivity index (χ4v) is 5.41. The summed E-state index contributed by atoms with van der Waals surface area (Å²) >= 11 is 8.12. The van der Waals surface area contributed by atoms with E-state index in [0.29, 0.717) is 34.7 Å². The first-order chi connectivity index (χ1) is 19.0. The highest BCUT2D eigenvalue weighted by molar-refractivity contribution is 7.98. The summed E-state index contributed by atoms with van der Waals surface area (Å²) in [7, 11) is 0. The standard InChI is InChI=1S/C30H25ClN4O3S/c1-2-10-27(36)38-35-29(31)24(28(34-35)20-11-4-3-5-12-20)19-39-26-16-9-7-14-23(26)30(37)33-22-17-21-13-6-8-15-25(21)32-18-22/h3-9,11-18H,2,10,19H2,1H3,(H,33,37). The molecule has 5 aromatic rings. The van der Waals surface area contributed by atoms with Crippen molar-refractivity contribution in [2.45, 2.75) is 30.4 Å². The molecular weight excluding hydrogens is 532 g/mol. The molecular formula is C30H25ClN4O3S. The number of halogens is 1. The molecule has 0 aliphatic heterocycles. The monoisotopic (exact) mass is 556 g/mol. The van der Waals surface area contributed by atoms with Crippen molar-refractivity contribution >= 4 is 51.8 Å². The van der Waals surface area contributed by atoms with Gasteiger partial charge in [0.25, 0.3) is 5.91 Å². The second kappa shape index (κ2) is 12.1. The first-order valence-corrected chi connectivity index (χ1v) is 13.8. The van der Waals surface area contributed by atoms with Gasteiger partial charge < -0.3 is 10.2 Å². The third-order valence-corrected chi connectivity index (χ3v) is 7.41. The lowest BCUT2D eigenvalue weighted by molar-refractivity contribution is -0.145. The Morgan fingerprint density at radius 1 is 1.00 bits per heavy atom. The maximum Gasteiger partial charge on any atom is 0.335 e. The van der Waals surface area contributed by atoms with Crippen molar-refractivity contribution < 1.29 is 14.4 Å². The number of nitrogens with zero attached hydrogens (tertiary/aromatic N) is 3. The molecule has 3 aromatic carbocycles. The number of fused-ring (bicyclic) bond motifs is 1. The number of pyridine rings is 1. The molecule has 0 aliphatic rings. The topological polar surface area (TPSA) is 86.1 Å². The normalized spacial score (nSPS) is 10.9. The lowest BCUT2D eigenvalue weighted by Crippen LogP contribution is -2.20. The van der Waals surface area contributed by atoms with Crippen molar-refractivity contribution in [1.82, 2.24) is 14.9 Å². The minimum Gasteiger partial charge on any atom is -0.321 e. The molecule has 9 heteroatoms. The summed E-state index contributed by atoms with van der Waals surface area (Å²) in [4.78, 5) is 37.1. The van der Waals surface area contributed by atoms with E-state index in [-0.39, 0.29) is 17.5 Å². The van der Waals surface area contributed by atoms with Crippen LogP contribution in [0.2, 0.25) is 5.15 Å². The maximum atomic E-state index is 13.3. The number of benzene rings is 3. The van der Waals surface area contributed by atoms with Gasteiger partial charge in [-0.15, -0.1) is 16.9 Å². The third-order valence-electron chi connectivity index (χ3n) is 5.94. The van der Waals surface area contributed by atoms with Crippen molar-refractivity contribution in [3.8, 4) is 11.3 Å². The van der Waals surface area contributed by atoms with Crippen molar-refractivity contribution in [3.63, 3.8) is 0 Å². The molecule has 0 bridgehead atoms. The highest BCUT2D eigenvalue weighted by Gasteiger charge is 2.22. The van der Waals surface area contributed by atoms with Crippen molar-refractivity contribution in [1.29, 1.82) is 0 Å². The van der Waals surface area contributed by atoms with Crippen LogP contribution in [-0.4, -0.2) is 26.8 Å². The highest BCUT2D eigenvalue weighted by atomic mass is 35.5. The first-order valence-electron chi connectivity index (χ1n) is 12.5. The quantitative estimate of drug-likeness (QED) is 0.196. The summed E-state index contributed by atoms with van der Waals surface area (Å²) in [6.45, 7) is 1.90. The summed E-state index contributed by atoms with van der Waals surface area (Å²) in [5, 5.41) is 8.62. The lowest BCUT2D eigenvalue weighted by atomic mass is 10.1. The minimum absolute atomic E-state index is 0.218. The Labute approximate surface area is 235 Å². The van der Waals surface area contributed by atoms with E-state index in [9.17, 15) is 9.59 Å².